The number of hydrogen-bond donors (Lipinski definition) is 0. The Kier molecular flexibility index (Phi) is 6.48. The summed E-state index contributed by atoms with van der Waals surface area (Å²) in [6, 6.07) is 1.91. The quantitative estimate of drug-likeness (QED) is 0.343. The van der Waals surface area contributed by atoms with Crippen LogP contribution < -0.4 is 0 Å². The third-order valence-corrected chi connectivity index (χ3v) is 7.91. The van der Waals surface area contributed by atoms with Gasteiger partial charge in [0.25, 0.3) is 0 Å². The minimum atomic E-state index is -3.02. The van der Waals surface area contributed by atoms with Crippen molar-refractivity contribution in [2.45, 2.75) is 44.4 Å². The van der Waals surface area contributed by atoms with Gasteiger partial charge in [-0.05, 0) is 26.3 Å². The van der Waals surface area contributed by atoms with E-state index in [1.165, 1.54) is 11.8 Å². The van der Waals surface area contributed by atoms with Gasteiger partial charge in [-0.2, -0.15) is 0 Å². The van der Waals surface area contributed by atoms with E-state index < -0.39 is 9.84 Å². The Hall–Kier alpha value is -2.13. The SMILES string of the molecule is C=CCn1c(SCC(=O)c2cc(C)n(CC=C)c2C)nnc1[C@@H]1CCS(=O)(=O)C1. The summed E-state index contributed by atoms with van der Waals surface area (Å²) >= 11 is 1.32. The Labute approximate surface area is 175 Å². The number of hydrogen-bond acceptors (Lipinski definition) is 6. The summed E-state index contributed by atoms with van der Waals surface area (Å²) in [5, 5.41) is 9.09. The molecule has 1 fully saturated rings. The van der Waals surface area contributed by atoms with E-state index in [0.29, 0.717) is 36.1 Å². The van der Waals surface area contributed by atoms with E-state index >= 15 is 0 Å². The minimum Gasteiger partial charge on any atom is -0.345 e. The first-order valence-corrected chi connectivity index (χ1v) is 12.3. The van der Waals surface area contributed by atoms with Crippen LogP contribution in [0.1, 0.15) is 39.9 Å². The summed E-state index contributed by atoms with van der Waals surface area (Å²) in [5.41, 5.74) is 2.65. The second-order valence-corrected chi connectivity index (χ2v) is 10.4. The molecule has 3 rings (SSSR count). The van der Waals surface area contributed by atoms with Crippen LogP contribution in [0.15, 0.2) is 36.5 Å². The number of nitrogens with zero attached hydrogens (tertiary/aromatic N) is 4. The number of thioether (sulfide) groups is 1. The molecule has 1 aliphatic rings. The first-order chi connectivity index (χ1) is 13.8. The fourth-order valence-electron chi connectivity index (χ4n) is 3.71. The zero-order valence-electron chi connectivity index (χ0n) is 16.8. The molecule has 0 aromatic carbocycles. The highest BCUT2D eigenvalue weighted by molar-refractivity contribution is 7.99. The van der Waals surface area contributed by atoms with E-state index in [1.807, 2.05) is 30.6 Å². The van der Waals surface area contributed by atoms with Gasteiger partial charge in [0.2, 0.25) is 0 Å². The average molecular weight is 435 g/mol. The molecule has 0 bridgehead atoms. The lowest BCUT2D eigenvalue weighted by Gasteiger charge is -2.11. The van der Waals surface area contributed by atoms with Crippen molar-refractivity contribution < 1.29 is 13.2 Å². The van der Waals surface area contributed by atoms with E-state index in [1.54, 1.807) is 6.08 Å². The van der Waals surface area contributed by atoms with Crippen LogP contribution in [0.25, 0.3) is 0 Å². The molecule has 156 valence electrons. The molecule has 2 aromatic rings. The molecule has 29 heavy (non-hydrogen) atoms. The number of ketones is 1. The monoisotopic (exact) mass is 434 g/mol. The van der Waals surface area contributed by atoms with Gasteiger partial charge in [-0.15, -0.1) is 23.4 Å². The summed E-state index contributed by atoms with van der Waals surface area (Å²) < 4.78 is 27.6. The fourth-order valence-corrected chi connectivity index (χ4v) is 6.29. The molecule has 2 aromatic heterocycles. The third-order valence-electron chi connectivity index (χ3n) is 5.17. The molecule has 9 heteroatoms. The van der Waals surface area contributed by atoms with Gasteiger partial charge < -0.3 is 9.13 Å². The molecule has 0 spiro atoms. The van der Waals surface area contributed by atoms with Crippen LogP contribution >= 0.6 is 11.8 Å². The van der Waals surface area contributed by atoms with Gasteiger partial charge in [-0.25, -0.2) is 8.42 Å². The van der Waals surface area contributed by atoms with Crippen LogP contribution in [0.2, 0.25) is 0 Å². The van der Waals surface area contributed by atoms with Crippen molar-refractivity contribution in [2.24, 2.45) is 0 Å². The molecule has 0 aliphatic carbocycles. The van der Waals surface area contributed by atoms with Gasteiger partial charge >= 0.3 is 0 Å². The molecule has 0 radical (unpaired) electrons. The molecule has 1 aliphatic heterocycles. The van der Waals surface area contributed by atoms with Crippen LogP contribution in [0.3, 0.4) is 0 Å². The highest BCUT2D eigenvalue weighted by Gasteiger charge is 2.33. The predicted molar refractivity (Wildman–Crippen MR) is 115 cm³/mol. The number of rotatable bonds is 9. The second-order valence-electron chi connectivity index (χ2n) is 7.24. The molecule has 1 atom stereocenters. The predicted octanol–water partition coefficient (Wildman–Crippen LogP) is 2.95. The Morgan fingerprint density at radius 2 is 1.93 bits per heavy atom. The van der Waals surface area contributed by atoms with E-state index in [-0.39, 0.29) is 29.0 Å². The summed E-state index contributed by atoms with van der Waals surface area (Å²) in [7, 11) is -3.02. The zero-order valence-corrected chi connectivity index (χ0v) is 18.4. The highest BCUT2D eigenvalue weighted by atomic mass is 32.2. The molecule has 0 amide bonds. The Bertz CT molecular complexity index is 1050. The summed E-state index contributed by atoms with van der Waals surface area (Å²) in [6.07, 6.45) is 4.09. The van der Waals surface area contributed by atoms with Crippen molar-refractivity contribution in [3.8, 4) is 0 Å². The second kappa shape index (κ2) is 8.71. The van der Waals surface area contributed by atoms with Crippen molar-refractivity contribution in [1.82, 2.24) is 19.3 Å². The van der Waals surface area contributed by atoms with E-state index in [4.69, 9.17) is 0 Å². The summed E-state index contributed by atoms with van der Waals surface area (Å²) in [6.45, 7) is 12.6. The van der Waals surface area contributed by atoms with Gasteiger partial charge in [0.1, 0.15) is 5.82 Å². The van der Waals surface area contributed by atoms with Crippen LogP contribution in [-0.4, -0.2) is 50.8 Å². The molecule has 1 saturated heterocycles. The first-order valence-electron chi connectivity index (χ1n) is 9.45. The van der Waals surface area contributed by atoms with Crippen molar-refractivity contribution in [1.29, 1.82) is 0 Å². The smallest absolute Gasteiger partial charge is 0.191 e. The third kappa shape index (κ3) is 4.56. The van der Waals surface area contributed by atoms with Crippen LogP contribution in [0.5, 0.6) is 0 Å². The van der Waals surface area contributed by atoms with Crippen molar-refractivity contribution in [3.63, 3.8) is 0 Å². The fraction of sp³-hybridized carbons (Fsp3) is 0.450. The molecule has 0 unspecified atom stereocenters. The number of aryl methyl sites for hydroxylation is 1. The number of carbonyl (C=O) groups is 1. The summed E-state index contributed by atoms with van der Waals surface area (Å²) in [4.78, 5) is 12.8. The molecule has 0 N–H and O–H groups in total. The topological polar surface area (TPSA) is 86.8 Å². The first kappa shape index (κ1) is 21.6. The lowest BCUT2D eigenvalue weighted by atomic mass is 10.1. The van der Waals surface area contributed by atoms with Gasteiger partial charge in [-0.1, -0.05) is 23.9 Å². The molecule has 7 nitrogen and oxygen atoms in total. The lowest BCUT2D eigenvalue weighted by molar-refractivity contribution is 0.102. The van der Waals surface area contributed by atoms with Crippen molar-refractivity contribution >= 4 is 27.4 Å². The number of aromatic nitrogens is 4. The Balaban J connectivity index is 1.77. The van der Waals surface area contributed by atoms with Gasteiger partial charge in [0.15, 0.2) is 20.8 Å². The van der Waals surface area contributed by atoms with E-state index in [2.05, 4.69) is 27.9 Å². The minimum absolute atomic E-state index is 0.0246. The maximum absolute atomic E-state index is 12.8. The van der Waals surface area contributed by atoms with Crippen molar-refractivity contribution in [3.05, 3.63) is 54.2 Å². The van der Waals surface area contributed by atoms with Crippen LogP contribution in [0, 0.1) is 13.8 Å². The zero-order chi connectivity index (χ0) is 21.2. The highest BCUT2D eigenvalue weighted by Crippen LogP contribution is 2.30. The Morgan fingerprint density at radius 1 is 1.24 bits per heavy atom. The summed E-state index contributed by atoms with van der Waals surface area (Å²) in [5.74, 6) is 1.04. The standard InChI is InChI=1S/C20H26N4O3S2/c1-5-8-23-14(3)11-17(15(23)4)18(25)12-28-20-22-21-19(24(20)9-6-2)16-7-10-29(26,27)13-16/h5-6,11,16H,1-2,7-10,12-13H2,3-4H3/t16-/m1/s1. The maximum Gasteiger partial charge on any atom is 0.191 e. The number of sulfone groups is 1. The normalized spacial score (nSPS) is 18.1. The van der Waals surface area contributed by atoms with Crippen LogP contribution in [-0.2, 0) is 22.9 Å². The molecular formula is C20H26N4O3S2. The molecule has 3 heterocycles. The number of Topliss-reactive ketones (excluding diaryl/α,β-unsaturated/α-hetero) is 1. The van der Waals surface area contributed by atoms with E-state index in [0.717, 1.165) is 11.4 Å². The van der Waals surface area contributed by atoms with Gasteiger partial charge in [0.05, 0.1) is 17.3 Å². The lowest BCUT2D eigenvalue weighted by Crippen LogP contribution is -2.12. The van der Waals surface area contributed by atoms with Gasteiger partial charge in [0, 0.05) is 36.0 Å². The van der Waals surface area contributed by atoms with Gasteiger partial charge in [-0.3, -0.25) is 4.79 Å². The average Bonchev–Trinajstić information content (AvgIpc) is 3.31. The number of carbonyl (C=O) groups excluding carboxylic acids is 1. The van der Waals surface area contributed by atoms with Crippen molar-refractivity contribution in [2.75, 3.05) is 17.3 Å². The van der Waals surface area contributed by atoms with Crippen LogP contribution in [0.4, 0.5) is 0 Å². The molecule has 0 saturated carbocycles. The Morgan fingerprint density at radius 3 is 2.55 bits per heavy atom. The van der Waals surface area contributed by atoms with E-state index in [9.17, 15) is 13.2 Å². The number of allylic oxidation sites excluding steroid dienone is 2. The largest absolute Gasteiger partial charge is 0.345 e. The molecular weight excluding hydrogens is 408 g/mol. The maximum atomic E-state index is 12.8.